The van der Waals surface area contributed by atoms with Gasteiger partial charge in [-0.3, -0.25) is 24.5 Å². The third-order valence-corrected chi connectivity index (χ3v) is 6.36. The summed E-state index contributed by atoms with van der Waals surface area (Å²) in [6, 6.07) is 9.02. The van der Waals surface area contributed by atoms with Gasteiger partial charge in [0.1, 0.15) is 7.85 Å². The highest BCUT2D eigenvalue weighted by molar-refractivity contribution is 6.52. The molecule has 4 rings (SSSR count). The Balaban J connectivity index is 1.51. The number of amides is 4. The first-order chi connectivity index (χ1) is 16.3. The zero-order valence-electron chi connectivity index (χ0n) is 18.1. The lowest BCUT2D eigenvalue weighted by Crippen LogP contribution is -2.70. The Kier molecular flexibility index (Phi) is 6.07. The predicted octanol–water partition coefficient (Wildman–Crippen LogP) is 1.07. The van der Waals surface area contributed by atoms with E-state index in [4.69, 9.17) is 35.1 Å². The first-order valence-electron chi connectivity index (χ1n) is 10.3. The van der Waals surface area contributed by atoms with Crippen molar-refractivity contribution in [3.8, 4) is 0 Å². The number of carbonyl (C=O) groups is 4. The maximum atomic E-state index is 14.5. The van der Waals surface area contributed by atoms with Gasteiger partial charge in [-0.1, -0.05) is 41.1 Å². The van der Waals surface area contributed by atoms with E-state index in [9.17, 15) is 28.0 Å². The second-order valence-corrected chi connectivity index (χ2v) is 8.94. The molecule has 7 nitrogen and oxygen atoms in total. The first kappa shape index (κ1) is 25.0. The Morgan fingerprint density at radius 3 is 2.40 bits per heavy atom. The molecule has 0 bridgehead atoms. The Labute approximate surface area is 208 Å². The fourth-order valence-electron chi connectivity index (χ4n) is 4.10. The van der Waals surface area contributed by atoms with Gasteiger partial charge in [0.2, 0.25) is 11.8 Å². The smallest absolute Gasteiger partial charge is 0.346 e. The Hall–Kier alpha value is -3.14. The van der Waals surface area contributed by atoms with Gasteiger partial charge in [-0.2, -0.15) is 8.78 Å². The number of imide groups is 1. The molecule has 2 aliphatic heterocycles. The molecule has 1 saturated heterocycles. The molecule has 0 spiro atoms. The minimum absolute atomic E-state index is 0.175. The summed E-state index contributed by atoms with van der Waals surface area (Å²) in [4.78, 5) is 50.4. The van der Waals surface area contributed by atoms with Crippen molar-refractivity contribution < 1.29 is 28.0 Å². The minimum Gasteiger partial charge on any atom is -0.346 e. The second-order valence-electron chi connectivity index (χ2n) is 8.51. The highest BCUT2D eigenvalue weighted by atomic mass is 35.5. The molecule has 172 valence electrons. The summed E-state index contributed by atoms with van der Waals surface area (Å²) in [5.41, 5.74) is -1.71. The summed E-state index contributed by atoms with van der Waals surface area (Å²) >= 11 is 5.71. The van der Waals surface area contributed by atoms with E-state index in [1.807, 2.05) is 5.32 Å². The van der Waals surface area contributed by atoms with Gasteiger partial charge in [-0.05, 0) is 29.3 Å². The van der Waals surface area contributed by atoms with Gasteiger partial charge < -0.3 is 10.2 Å². The number of nitrogens with zero attached hydrogens (tertiary/aromatic N) is 1. The Morgan fingerprint density at radius 1 is 1.11 bits per heavy atom. The molecule has 0 aromatic heterocycles. The van der Waals surface area contributed by atoms with Gasteiger partial charge in [0.25, 0.3) is 11.8 Å². The van der Waals surface area contributed by atoms with Gasteiger partial charge in [0.15, 0.2) is 0 Å². The number of alkyl halides is 2. The van der Waals surface area contributed by atoms with Crippen molar-refractivity contribution in [3.63, 3.8) is 0 Å². The van der Waals surface area contributed by atoms with Crippen LogP contribution in [0.25, 0.3) is 0 Å². The van der Waals surface area contributed by atoms with Crippen LogP contribution >= 0.6 is 11.6 Å². The van der Waals surface area contributed by atoms with Crippen molar-refractivity contribution in [2.24, 2.45) is 0 Å². The topological polar surface area (TPSA) is 95.6 Å². The molecule has 13 heteroatoms. The first-order valence-corrected chi connectivity index (χ1v) is 10.7. The second kappa shape index (κ2) is 8.51. The van der Waals surface area contributed by atoms with Crippen LogP contribution in [-0.2, 0) is 33.4 Å². The number of halogens is 3. The molecule has 2 aliphatic rings. The molecular formula is C22H15B3ClF2N3O4. The lowest BCUT2D eigenvalue weighted by Gasteiger charge is -2.52. The average molecular weight is 491 g/mol. The molecule has 6 radical (unpaired) electrons. The van der Waals surface area contributed by atoms with E-state index in [-0.39, 0.29) is 23.7 Å². The van der Waals surface area contributed by atoms with Gasteiger partial charge in [0.05, 0.1) is 21.1 Å². The monoisotopic (exact) mass is 491 g/mol. The molecule has 2 aromatic rings. The summed E-state index contributed by atoms with van der Waals surface area (Å²) < 4.78 is 29.0. The maximum Gasteiger partial charge on any atom is 0.349 e. The van der Waals surface area contributed by atoms with Crippen LogP contribution < -0.4 is 10.6 Å². The zero-order valence-corrected chi connectivity index (χ0v) is 18.9. The largest absolute Gasteiger partial charge is 0.349 e. The van der Waals surface area contributed by atoms with E-state index in [1.165, 1.54) is 30.3 Å². The normalized spacial score (nSPS) is 21.5. The standard InChI is InChI=1S/C22H15B3ClF2N3O4/c23-20(24)8-16(32)30-19(35)22(20,25)31-10-12-7-11(1-6-15(12)17(31)33)9-29-18(34)21(27,28)13-2-4-14(26)5-3-13/h1-7H,8-10H2,(H,29,34)(H,30,32,35). The van der Waals surface area contributed by atoms with Crippen molar-refractivity contribution in [2.45, 2.75) is 36.1 Å². The quantitative estimate of drug-likeness (QED) is 0.484. The molecular weight excluding hydrogens is 476 g/mol. The van der Waals surface area contributed by atoms with E-state index < -0.39 is 52.2 Å². The number of hydrogen-bond acceptors (Lipinski definition) is 4. The number of hydrogen-bond donors (Lipinski definition) is 2. The van der Waals surface area contributed by atoms with Crippen LogP contribution in [0.5, 0.6) is 0 Å². The number of piperidine rings is 1. The minimum atomic E-state index is -3.79. The van der Waals surface area contributed by atoms with Crippen LogP contribution in [0.3, 0.4) is 0 Å². The van der Waals surface area contributed by atoms with Crippen molar-refractivity contribution in [2.75, 3.05) is 0 Å². The van der Waals surface area contributed by atoms with E-state index in [1.54, 1.807) is 0 Å². The van der Waals surface area contributed by atoms with Gasteiger partial charge in [0, 0.05) is 35.7 Å². The van der Waals surface area contributed by atoms with E-state index >= 15 is 0 Å². The van der Waals surface area contributed by atoms with Crippen LogP contribution in [0.2, 0.25) is 10.2 Å². The number of rotatable bonds is 5. The average Bonchev–Trinajstić information content (AvgIpc) is 3.11. The lowest BCUT2D eigenvalue weighted by molar-refractivity contribution is -0.147. The predicted molar refractivity (Wildman–Crippen MR) is 124 cm³/mol. The number of benzene rings is 2. The van der Waals surface area contributed by atoms with Crippen molar-refractivity contribution >= 4 is 58.8 Å². The lowest BCUT2D eigenvalue weighted by atomic mass is 9.36. The molecule has 0 saturated carbocycles. The summed E-state index contributed by atoms with van der Waals surface area (Å²) in [6.45, 7) is -0.435. The van der Waals surface area contributed by atoms with Gasteiger partial charge in [-0.25, -0.2) is 0 Å². The summed E-state index contributed by atoms with van der Waals surface area (Å²) in [6.07, 6.45) is -0.492. The van der Waals surface area contributed by atoms with Crippen molar-refractivity contribution in [3.05, 3.63) is 69.7 Å². The fourth-order valence-corrected chi connectivity index (χ4v) is 4.23. The van der Waals surface area contributed by atoms with E-state index in [2.05, 4.69) is 5.32 Å². The summed E-state index contributed by atoms with van der Waals surface area (Å²) in [5.74, 6) is -7.69. The number of nitrogens with one attached hydrogen (secondary N) is 2. The van der Waals surface area contributed by atoms with E-state index in [0.717, 1.165) is 17.0 Å². The van der Waals surface area contributed by atoms with Crippen LogP contribution in [0.4, 0.5) is 8.78 Å². The van der Waals surface area contributed by atoms with Crippen LogP contribution in [0, 0.1) is 0 Å². The van der Waals surface area contributed by atoms with E-state index in [0.29, 0.717) is 11.1 Å². The molecule has 2 aromatic carbocycles. The highest BCUT2D eigenvalue weighted by Crippen LogP contribution is 2.44. The molecule has 2 N–H and O–H groups in total. The fraction of sp³-hybridized carbons (Fsp3) is 0.273. The maximum absolute atomic E-state index is 14.5. The van der Waals surface area contributed by atoms with Crippen LogP contribution in [0.1, 0.15) is 33.5 Å². The van der Waals surface area contributed by atoms with Crippen LogP contribution in [-0.4, -0.2) is 57.5 Å². The SMILES string of the molecule is [B]C1([B])CC(=O)NC(=O)C1([B])N1Cc2cc(CNC(=O)C(F)(F)c3ccc(Cl)cc3)ccc2C1=O. The highest BCUT2D eigenvalue weighted by Gasteiger charge is 2.56. The molecule has 4 amide bonds. The zero-order chi connectivity index (χ0) is 25.8. The van der Waals surface area contributed by atoms with Crippen LogP contribution in [0.15, 0.2) is 42.5 Å². The molecule has 0 aliphatic carbocycles. The third-order valence-electron chi connectivity index (χ3n) is 6.11. The van der Waals surface area contributed by atoms with Gasteiger partial charge >= 0.3 is 5.92 Å². The number of fused-ring (bicyclic) bond motifs is 1. The van der Waals surface area contributed by atoms with Gasteiger partial charge in [-0.15, -0.1) is 0 Å². The number of carbonyl (C=O) groups excluding carboxylic acids is 4. The molecule has 1 unspecified atom stereocenters. The third kappa shape index (κ3) is 4.13. The molecule has 35 heavy (non-hydrogen) atoms. The summed E-state index contributed by atoms with van der Waals surface area (Å²) in [7, 11) is 18.2. The summed E-state index contributed by atoms with van der Waals surface area (Å²) in [5, 5.41) is 2.44. The Morgan fingerprint density at radius 2 is 1.77 bits per heavy atom. The molecule has 2 heterocycles. The molecule has 1 fully saturated rings. The van der Waals surface area contributed by atoms with Crippen molar-refractivity contribution in [1.82, 2.24) is 15.5 Å². The Bertz CT molecular complexity index is 1260. The molecule has 1 atom stereocenters. The van der Waals surface area contributed by atoms with Crippen molar-refractivity contribution in [1.29, 1.82) is 0 Å².